The third-order valence-electron chi connectivity index (χ3n) is 6.27. The molecular formula is C23H28Cl2FN5O3. The molecule has 0 saturated carbocycles. The minimum Gasteiger partial charge on any atom is -0.352 e. The van der Waals surface area contributed by atoms with Crippen LogP contribution in [0.15, 0.2) is 18.2 Å². The van der Waals surface area contributed by atoms with E-state index in [0.717, 1.165) is 18.2 Å². The van der Waals surface area contributed by atoms with Gasteiger partial charge >= 0.3 is 6.03 Å². The molecule has 11 heteroatoms. The Morgan fingerprint density at radius 1 is 1.18 bits per heavy atom. The van der Waals surface area contributed by atoms with Gasteiger partial charge in [0.2, 0.25) is 5.91 Å². The number of anilines is 2. The maximum absolute atomic E-state index is 13.6. The molecule has 0 atom stereocenters. The number of urea groups is 1. The van der Waals surface area contributed by atoms with Gasteiger partial charge in [0.05, 0.1) is 21.4 Å². The molecule has 0 radical (unpaired) electrons. The van der Waals surface area contributed by atoms with E-state index in [2.05, 4.69) is 20.9 Å². The Kier molecular flexibility index (Phi) is 7.19. The number of hydrogen-bond acceptors (Lipinski definition) is 3. The van der Waals surface area contributed by atoms with Crippen molar-refractivity contribution in [3.63, 3.8) is 0 Å². The van der Waals surface area contributed by atoms with Gasteiger partial charge in [-0.25, -0.2) is 9.18 Å². The maximum Gasteiger partial charge on any atom is 0.323 e. The molecule has 0 bridgehead atoms. The Balaban J connectivity index is 1.95. The lowest BCUT2D eigenvalue weighted by molar-refractivity contribution is -0.133. The summed E-state index contributed by atoms with van der Waals surface area (Å²) < 4.78 is 13.6. The number of carbonyl (C=O) groups excluding carboxylic acids is 3. The number of benzene rings is 1. The van der Waals surface area contributed by atoms with Crippen molar-refractivity contribution in [2.45, 2.75) is 52.0 Å². The lowest BCUT2D eigenvalue weighted by Crippen LogP contribution is -2.63. The zero-order valence-electron chi connectivity index (χ0n) is 19.7. The predicted octanol–water partition coefficient (Wildman–Crippen LogP) is 5.14. The fourth-order valence-corrected chi connectivity index (χ4v) is 3.93. The van der Waals surface area contributed by atoms with Crippen LogP contribution in [0.2, 0.25) is 10.0 Å². The van der Waals surface area contributed by atoms with Crippen LogP contribution >= 0.6 is 23.2 Å². The molecule has 184 valence electrons. The normalized spacial score (nSPS) is 15.6. The first kappa shape index (κ1) is 25.8. The summed E-state index contributed by atoms with van der Waals surface area (Å²) in [5.74, 6) is -1.39. The number of piperazine rings is 1. The van der Waals surface area contributed by atoms with Crippen LogP contribution in [0.5, 0.6) is 0 Å². The monoisotopic (exact) mass is 511 g/mol. The van der Waals surface area contributed by atoms with Crippen molar-refractivity contribution < 1.29 is 18.8 Å². The molecule has 3 rings (SSSR count). The summed E-state index contributed by atoms with van der Waals surface area (Å²) in [5.41, 5.74) is -0.136. The van der Waals surface area contributed by atoms with Gasteiger partial charge < -0.3 is 25.8 Å². The van der Waals surface area contributed by atoms with Gasteiger partial charge in [-0.05, 0) is 38.5 Å². The Morgan fingerprint density at radius 2 is 1.82 bits per heavy atom. The average Bonchev–Trinajstić information content (AvgIpc) is 3.20. The van der Waals surface area contributed by atoms with Crippen LogP contribution in [0, 0.1) is 5.82 Å². The van der Waals surface area contributed by atoms with Gasteiger partial charge in [-0.2, -0.15) is 0 Å². The Bertz CT molecular complexity index is 1150. The van der Waals surface area contributed by atoms with Gasteiger partial charge in [0.25, 0.3) is 5.91 Å². The maximum atomic E-state index is 13.6. The number of rotatable bonds is 5. The second-order valence-corrected chi connectivity index (χ2v) is 10.0. The SMILES string of the molecule is CCC(C)(C)c1cc(NC(=O)Nc2ccc(F)c(Cl)c2Cl)c(C(=O)N2CCNC(=O)C2(C)C)[nH]1. The number of aromatic amines is 1. The van der Waals surface area contributed by atoms with Crippen molar-refractivity contribution in [3.05, 3.63) is 45.4 Å². The Hall–Kier alpha value is -2.78. The number of nitrogens with one attached hydrogen (secondary N) is 4. The van der Waals surface area contributed by atoms with E-state index in [0.29, 0.717) is 13.1 Å². The van der Waals surface area contributed by atoms with Crippen LogP contribution in [0.1, 0.15) is 57.2 Å². The highest BCUT2D eigenvalue weighted by Crippen LogP contribution is 2.34. The van der Waals surface area contributed by atoms with E-state index in [1.54, 1.807) is 19.9 Å². The molecule has 0 unspecified atom stereocenters. The van der Waals surface area contributed by atoms with E-state index in [4.69, 9.17) is 23.2 Å². The van der Waals surface area contributed by atoms with Crippen molar-refractivity contribution >= 4 is 52.4 Å². The van der Waals surface area contributed by atoms with E-state index in [1.807, 2.05) is 20.8 Å². The standard InChI is InChI=1S/C23H28Cl2FN5O3/c1-6-22(2,3)15-11-14(29-21(34)28-13-8-7-12(26)16(24)17(13)25)18(30-15)19(32)31-10-9-27-20(33)23(31,4)5/h7-8,11,30H,6,9-10H2,1-5H3,(H,27,33)(H2,28,29,34). The predicted molar refractivity (Wildman–Crippen MR) is 131 cm³/mol. The minimum atomic E-state index is -1.07. The summed E-state index contributed by atoms with van der Waals surface area (Å²) in [6, 6.07) is 3.37. The van der Waals surface area contributed by atoms with E-state index in [-0.39, 0.29) is 38.4 Å². The van der Waals surface area contributed by atoms with Gasteiger partial charge in [0, 0.05) is 24.2 Å². The van der Waals surface area contributed by atoms with E-state index in [9.17, 15) is 18.8 Å². The van der Waals surface area contributed by atoms with Gasteiger partial charge in [0.1, 0.15) is 17.1 Å². The number of hydrogen-bond donors (Lipinski definition) is 4. The summed E-state index contributed by atoms with van der Waals surface area (Å²) >= 11 is 11.9. The lowest BCUT2D eigenvalue weighted by atomic mass is 9.87. The van der Waals surface area contributed by atoms with E-state index < -0.39 is 23.3 Å². The molecule has 4 N–H and O–H groups in total. The molecule has 2 heterocycles. The molecular weight excluding hydrogens is 484 g/mol. The quantitative estimate of drug-likeness (QED) is 0.417. The molecule has 1 aromatic heterocycles. The molecule has 0 aliphatic carbocycles. The number of H-pyrrole nitrogens is 1. The Morgan fingerprint density at radius 3 is 2.47 bits per heavy atom. The van der Waals surface area contributed by atoms with Gasteiger partial charge in [-0.15, -0.1) is 0 Å². The smallest absolute Gasteiger partial charge is 0.323 e. The molecule has 1 saturated heterocycles. The first-order valence-electron chi connectivity index (χ1n) is 10.8. The second-order valence-electron chi connectivity index (χ2n) is 9.28. The van der Waals surface area contributed by atoms with Crippen LogP contribution in [-0.2, 0) is 10.2 Å². The van der Waals surface area contributed by atoms with Gasteiger partial charge in [-0.3, -0.25) is 9.59 Å². The van der Waals surface area contributed by atoms with Crippen LogP contribution in [0.4, 0.5) is 20.6 Å². The zero-order valence-corrected chi connectivity index (χ0v) is 21.2. The molecule has 2 aromatic rings. The zero-order chi connectivity index (χ0) is 25.4. The lowest BCUT2D eigenvalue weighted by Gasteiger charge is -2.41. The topological polar surface area (TPSA) is 106 Å². The summed E-state index contributed by atoms with van der Waals surface area (Å²) in [7, 11) is 0. The van der Waals surface area contributed by atoms with Crippen molar-refractivity contribution in [2.24, 2.45) is 0 Å². The molecule has 0 spiro atoms. The molecule has 8 nitrogen and oxygen atoms in total. The highest BCUT2D eigenvalue weighted by molar-refractivity contribution is 6.44. The van der Waals surface area contributed by atoms with Crippen molar-refractivity contribution in [3.8, 4) is 0 Å². The third-order valence-corrected chi connectivity index (χ3v) is 7.13. The summed E-state index contributed by atoms with van der Waals surface area (Å²) in [4.78, 5) is 43.3. The van der Waals surface area contributed by atoms with E-state index in [1.165, 1.54) is 11.0 Å². The molecule has 34 heavy (non-hydrogen) atoms. The first-order chi connectivity index (χ1) is 15.8. The highest BCUT2D eigenvalue weighted by Gasteiger charge is 2.42. The highest BCUT2D eigenvalue weighted by atomic mass is 35.5. The molecule has 1 fully saturated rings. The van der Waals surface area contributed by atoms with Crippen LogP contribution in [0.25, 0.3) is 0 Å². The number of nitrogens with zero attached hydrogens (tertiary/aromatic N) is 1. The molecule has 1 aliphatic heterocycles. The van der Waals surface area contributed by atoms with Crippen LogP contribution in [0.3, 0.4) is 0 Å². The first-order valence-corrected chi connectivity index (χ1v) is 11.6. The molecule has 4 amide bonds. The second kappa shape index (κ2) is 9.46. The van der Waals surface area contributed by atoms with Crippen molar-refractivity contribution in [2.75, 3.05) is 23.7 Å². The van der Waals surface area contributed by atoms with Gasteiger partial charge in [0.15, 0.2) is 0 Å². The number of amides is 4. The number of aromatic nitrogens is 1. The number of halogens is 3. The van der Waals surface area contributed by atoms with E-state index >= 15 is 0 Å². The average molecular weight is 512 g/mol. The summed E-state index contributed by atoms with van der Waals surface area (Å²) in [6.45, 7) is 10.0. The summed E-state index contributed by atoms with van der Waals surface area (Å²) in [6.07, 6.45) is 0.772. The molecule has 1 aromatic carbocycles. The molecule has 1 aliphatic rings. The van der Waals surface area contributed by atoms with Crippen LogP contribution in [-0.4, -0.2) is 46.4 Å². The fraction of sp³-hybridized carbons (Fsp3) is 0.435. The minimum absolute atomic E-state index is 0.108. The van der Waals surface area contributed by atoms with Crippen LogP contribution < -0.4 is 16.0 Å². The Labute approximate surface area is 207 Å². The largest absolute Gasteiger partial charge is 0.352 e. The van der Waals surface area contributed by atoms with Crippen molar-refractivity contribution in [1.82, 2.24) is 15.2 Å². The third kappa shape index (κ3) is 4.86. The number of carbonyl (C=O) groups is 3. The summed E-state index contributed by atoms with van der Waals surface area (Å²) in [5, 5.41) is 7.50. The van der Waals surface area contributed by atoms with Gasteiger partial charge in [-0.1, -0.05) is 44.0 Å². The fourth-order valence-electron chi connectivity index (χ4n) is 3.57. The van der Waals surface area contributed by atoms with Crippen molar-refractivity contribution in [1.29, 1.82) is 0 Å².